The summed E-state index contributed by atoms with van der Waals surface area (Å²) < 4.78 is 11.4. The van der Waals surface area contributed by atoms with Gasteiger partial charge in [0.2, 0.25) is 0 Å². The number of hydrogen-bond acceptors (Lipinski definition) is 4. The number of nitro groups is 1. The highest BCUT2D eigenvalue weighted by molar-refractivity contribution is 9.10. The van der Waals surface area contributed by atoms with Gasteiger partial charge in [-0.25, -0.2) is 0 Å². The molecular formula is C15H14BrNO4. The molecule has 0 atom stereocenters. The van der Waals surface area contributed by atoms with Gasteiger partial charge in [-0.15, -0.1) is 0 Å². The molecular weight excluding hydrogens is 338 g/mol. The summed E-state index contributed by atoms with van der Waals surface area (Å²) in [5.41, 5.74) is 1.12. The maximum absolute atomic E-state index is 10.7. The summed E-state index contributed by atoms with van der Waals surface area (Å²) in [7, 11) is 1.62. The average molecular weight is 352 g/mol. The highest BCUT2D eigenvalue weighted by Crippen LogP contribution is 2.29. The van der Waals surface area contributed by atoms with Crippen molar-refractivity contribution in [3.63, 3.8) is 0 Å². The minimum absolute atomic E-state index is 0.0117. The van der Waals surface area contributed by atoms with E-state index in [1.54, 1.807) is 13.2 Å². The van der Waals surface area contributed by atoms with Gasteiger partial charge in [-0.2, -0.15) is 0 Å². The van der Waals surface area contributed by atoms with Gasteiger partial charge in [0.15, 0.2) is 0 Å². The molecule has 0 saturated heterocycles. The van der Waals surface area contributed by atoms with Crippen molar-refractivity contribution in [3.05, 3.63) is 62.6 Å². The van der Waals surface area contributed by atoms with Crippen LogP contribution < -0.4 is 9.47 Å². The van der Waals surface area contributed by atoms with Crippen molar-refractivity contribution >= 4 is 21.6 Å². The van der Waals surface area contributed by atoms with Crippen molar-refractivity contribution in [2.75, 3.05) is 13.7 Å². The normalized spacial score (nSPS) is 10.2. The van der Waals surface area contributed by atoms with E-state index in [0.29, 0.717) is 23.2 Å². The van der Waals surface area contributed by atoms with Crippen LogP contribution in [-0.2, 0) is 6.42 Å². The molecule has 0 unspecified atom stereocenters. The van der Waals surface area contributed by atoms with Gasteiger partial charge in [0.25, 0.3) is 5.69 Å². The van der Waals surface area contributed by atoms with Crippen molar-refractivity contribution < 1.29 is 14.4 Å². The molecule has 21 heavy (non-hydrogen) atoms. The van der Waals surface area contributed by atoms with Crippen LogP contribution in [0.1, 0.15) is 5.56 Å². The lowest BCUT2D eigenvalue weighted by atomic mass is 10.1. The van der Waals surface area contributed by atoms with Gasteiger partial charge in [0.05, 0.1) is 29.2 Å². The molecule has 0 aliphatic heterocycles. The monoisotopic (exact) mass is 351 g/mol. The van der Waals surface area contributed by atoms with Crippen LogP contribution in [-0.4, -0.2) is 18.6 Å². The molecule has 0 aliphatic carbocycles. The van der Waals surface area contributed by atoms with Crippen LogP contribution in [0.2, 0.25) is 0 Å². The van der Waals surface area contributed by atoms with Crippen LogP contribution in [0.5, 0.6) is 11.5 Å². The van der Waals surface area contributed by atoms with E-state index in [0.717, 1.165) is 11.3 Å². The number of nitrogens with zero attached hydrogens (tertiary/aromatic N) is 1. The lowest BCUT2D eigenvalue weighted by molar-refractivity contribution is -0.385. The number of methoxy groups -OCH3 is 1. The van der Waals surface area contributed by atoms with Crippen LogP contribution >= 0.6 is 15.9 Å². The number of benzene rings is 2. The summed E-state index contributed by atoms with van der Waals surface area (Å²) in [4.78, 5) is 10.3. The summed E-state index contributed by atoms with van der Waals surface area (Å²) in [6.45, 7) is 0.437. The second-order valence-electron chi connectivity index (χ2n) is 4.32. The molecule has 0 aliphatic rings. The summed E-state index contributed by atoms with van der Waals surface area (Å²) >= 11 is 3.32. The van der Waals surface area contributed by atoms with Crippen LogP contribution in [0.3, 0.4) is 0 Å². The SMILES string of the molecule is COc1ccc(CCOc2cc([N+](=O)[O-])ccc2Br)cc1. The topological polar surface area (TPSA) is 61.6 Å². The van der Waals surface area contributed by atoms with Gasteiger partial charge in [-0.3, -0.25) is 10.1 Å². The Hall–Kier alpha value is -2.08. The molecule has 0 saturated carbocycles. The first kappa shape index (κ1) is 15.3. The first-order valence-electron chi connectivity index (χ1n) is 6.30. The van der Waals surface area contributed by atoms with E-state index < -0.39 is 4.92 Å². The predicted molar refractivity (Wildman–Crippen MR) is 83.0 cm³/mol. The Morgan fingerprint density at radius 3 is 2.52 bits per heavy atom. The quantitative estimate of drug-likeness (QED) is 0.583. The third kappa shape index (κ3) is 4.19. The minimum atomic E-state index is -0.442. The Bertz CT molecular complexity index is 628. The largest absolute Gasteiger partial charge is 0.497 e. The number of hydrogen-bond donors (Lipinski definition) is 0. The van der Waals surface area contributed by atoms with Gasteiger partial charge in [-0.05, 0) is 39.7 Å². The van der Waals surface area contributed by atoms with Crippen LogP contribution in [0.4, 0.5) is 5.69 Å². The molecule has 0 radical (unpaired) electrons. The van der Waals surface area contributed by atoms with Crippen molar-refractivity contribution in [1.82, 2.24) is 0 Å². The molecule has 5 nitrogen and oxygen atoms in total. The fourth-order valence-corrected chi connectivity index (χ4v) is 2.15. The number of non-ortho nitro benzene ring substituents is 1. The molecule has 110 valence electrons. The highest BCUT2D eigenvalue weighted by Gasteiger charge is 2.10. The van der Waals surface area contributed by atoms with Crippen LogP contribution in [0, 0.1) is 10.1 Å². The molecule has 0 spiro atoms. The average Bonchev–Trinajstić information content (AvgIpc) is 2.49. The Balaban J connectivity index is 1.96. The molecule has 2 rings (SSSR count). The summed E-state index contributed by atoms with van der Waals surface area (Å²) in [5.74, 6) is 1.28. The number of ether oxygens (including phenoxy) is 2. The first-order valence-corrected chi connectivity index (χ1v) is 7.09. The molecule has 2 aromatic carbocycles. The van der Waals surface area contributed by atoms with E-state index in [2.05, 4.69) is 15.9 Å². The van der Waals surface area contributed by atoms with Crippen molar-refractivity contribution in [2.45, 2.75) is 6.42 Å². The van der Waals surface area contributed by atoms with Gasteiger partial charge < -0.3 is 9.47 Å². The second-order valence-corrected chi connectivity index (χ2v) is 5.17. The predicted octanol–water partition coefficient (Wildman–Crippen LogP) is 3.99. The van der Waals surface area contributed by atoms with Gasteiger partial charge in [0, 0.05) is 12.5 Å². The fraction of sp³-hybridized carbons (Fsp3) is 0.200. The molecule has 0 aromatic heterocycles. The minimum Gasteiger partial charge on any atom is -0.497 e. The van der Waals surface area contributed by atoms with Gasteiger partial charge in [-0.1, -0.05) is 12.1 Å². The maximum atomic E-state index is 10.7. The molecule has 0 amide bonds. The molecule has 0 bridgehead atoms. The zero-order chi connectivity index (χ0) is 15.2. The van der Waals surface area contributed by atoms with Crippen LogP contribution in [0.25, 0.3) is 0 Å². The standard InChI is InChI=1S/C15H14BrNO4/c1-20-13-5-2-11(3-6-13)8-9-21-15-10-12(17(18)19)4-7-14(15)16/h2-7,10H,8-9H2,1H3. The van der Waals surface area contributed by atoms with Gasteiger partial charge >= 0.3 is 0 Å². The Morgan fingerprint density at radius 1 is 1.19 bits per heavy atom. The molecule has 0 heterocycles. The smallest absolute Gasteiger partial charge is 0.273 e. The van der Waals surface area contributed by atoms with E-state index in [-0.39, 0.29) is 5.69 Å². The summed E-state index contributed by atoms with van der Waals surface area (Å²) in [6, 6.07) is 12.2. The van der Waals surface area contributed by atoms with Crippen molar-refractivity contribution in [3.8, 4) is 11.5 Å². The first-order chi connectivity index (χ1) is 10.1. The Labute approximate surface area is 130 Å². The van der Waals surface area contributed by atoms with E-state index in [1.807, 2.05) is 24.3 Å². The summed E-state index contributed by atoms with van der Waals surface area (Å²) in [6.07, 6.45) is 0.707. The molecule has 0 fully saturated rings. The van der Waals surface area contributed by atoms with E-state index in [1.165, 1.54) is 12.1 Å². The molecule has 2 aromatic rings. The number of halogens is 1. The van der Waals surface area contributed by atoms with Crippen molar-refractivity contribution in [1.29, 1.82) is 0 Å². The lowest BCUT2D eigenvalue weighted by Crippen LogP contribution is -2.02. The van der Waals surface area contributed by atoms with E-state index in [4.69, 9.17) is 9.47 Å². The van der Waals surface area contributed by atoms with Crippen LogP contribution in [0.15, 0.2) is 46.9 Å². The fourth-order valence-electron chi connectivity index (χ4n) is 1.79. The molecule has 0 N–H and O–H groups in total. The summed E-state index contributed by atoms with van der Waals surface area (Å²) in [5, 5.41) is 10.7. The zero-order valence-electron chi connectivity index (χ0n) is 11.4. The van der Waals surface area contributed by atoms with E-state index >= 15 is 0 Å². The Morgan fingerprint density at radius 2 is 1.90 bits per heavy atom. The highest BCUT2D eigenvalue weighted by atomic mass is 79.9. The third-order valence-corrected chi connectivity index (χ3v) is 3.59. The third-order valence-electron chi connectivity index (χ3n) is 2.93. The maximum Gasteiger partial charge on any atom is 0.273 e. The second kappa shape index (κ2) is 7.08. The van der Waals surface area contributed by atoms with Gasteiger partial charge in [0.1, 0.15) is 11.5 Å². The number of nitro benzene ring substituents is 1. The van der Waals surface area contributed by atoms with Crippen molar-refractivity contribution in [2.24, 2.45) is 0 Å². The molecule has 6 heteroatoms. The zero-order valence-corrected chi connectivity index (χ0v) is 13.0. The Kier molecular flexibility index (Phi) is 5.16. The lowest BCUT2D eigenvalue weighted by Gasteiger charge is -2.08. The van der Waals surface area contributed by atoms with E-state index in [9.17, 15) is 10.1 Å². The number of rotatable bonds is 6.